The molecule has 2 nitrogen and oxygen atoms in total. The minimum absolute atomic E-state index is 0.167. The maximum atomic E-state index is 9.50. The van der Waals surface area contributed by atoms with Gasteiger partial charge in [0.15, 0.2) is 0 Å². The smallest absolute Gasteiger partial charge is 0.0785 e. The van der Waals surface area contributed by atoms with E-state index >= 15 is 0 Å². The highest BCUT2D eigenvalue weighted by molar-refractivity contribution is 5.10. The van der Waals surface area contributed by atoms with Gasteiger partial charge in [0, 0.05) is 17.7 Å². The van der Waals surface area contributed by atoms with E-state index in [2.05, 4.69) is 45.8 Å². The first-order valence-electron chi connectivity index (χ1n) is 4.84. The standard InChI is InChI=1S/C10H18N2.CH3F/c1-8(2)12-7-6-9(11-12)10(3,4)5;1-2/h6-8H,1-5H3;1H3. The summed E-state index contributed by atoms with van der Waals surface area (Å²) in [7, 11) is 0.500. The van der Waals surface area contributed by atoms with Crippen LogP contribution in [0.1, 0.15) is 46.4 Å². The quantitative estimate of drug-likeness (QED) is 0.679. The molecule has 0 atom stereocenters. The Bertz CT molecular complexity index is 258. The predicted molar refractivity (Wildman–Crippen MR) is 58.3 cm³/mol. The van der Waals surface area contributed by atoms with Crippen LogP contribution in [0.25, 0.3) is 0 Å². The van der Waals surface area contributed by atoms with Crippen molar-refractivity contribution in [3.63, 3.8) is 0 Å². The zero-order chi connectivity index (χ0) is 11.4. The van der Waals surface area contributed by atoms with Crippen LogP contribution < -0.4 is 0 Å². The maximum Gasteiger partial charge on any atom is 0.0785 e. The monoisotopic (exact) mass is 200 g/mol. The lowest BCUT2D eigenvalue weighted by molar-refractivity contribution is 0.495. The summed E-state index contributed by atoms with van der Waals surface area (Å²) in [5.41, 5.74) is 1.33. The predicted octanol–water partition coefficient (Wildman–Crippen LogP) is 3.35. The normalized spacial score (nSPS) is 11.1. The number of rotatable bonds is 1. The molecule has 0 amide bonds. The fourth-order valence-electron chi connectivity index (χ4n) is 1.03. The van der Waals surface area contributed by atoms with Crippen LogP contribution in [-0.2, 0) is 5.41 Å². The van der Waals surface area contributed by atoms with Gasteiger partial charge in [-0.15, -0.1) is 0 Å². The summed E-state index contributed by atoms with van der Waals surface area (Å²) in [6, 6.07) is 2.56. The van der Waals surface area contributed by atoms with E-state index < -0.39 is 0 Å². The van der Waals surface area contributed by atoms with E-state index in [-0.39, 0.29) is 5.41 Å². The lowest BCUT2D eigenvalue weighted by Gasteiger charge is -2.14. The van der Waals surface area contributed by atoms with Crippen LogP contribution in [0.4, 0.5) is 4.39 Å². The van der Waals surface area contributed by atoms with Crippen LogP contribution in [0.15, 0.2) is 12.3 Å². The Hall–Kier alpha value is -0.860. The second-order valence-electron chi connectivity index (χ2n) is 4.52. The van der Waals surface area contributed by atoms with Crippen LogP contribution in [0.2, 0.25) is 0 Å². The first-order valence-corrected chi connectivity index (χ1v) is 4.84. The molecular weight excluding hydrogens is 179 g/mol. The first kappa shape index (κ1) is 13.1. The number of nitrogens with zero attached hydrogens (tertiary/aromatic N) is 2. The molecule has 0 bridgehead atoms. The van der Waals surface area contributed by atoms with Gasteiger partial charge in [0.25, 0.3) is 0 Å². The molecule has 82 valence electrons. The SMILES string of the molecule is CC(C)n1ccc(C(C)(C)C)n1.CF. The molecule has 1 rings (SSSR count). The molecule has 0 spiro atoms. The molecule has 1 aromatic rings. The fraction of sp³-hybridized carbons (Fsp3) is 0.727. The van der Waals surface area contributed by atoms with Crippen molar-refractivity contribution in [2.75, 3.05) is 7.18 Å². The molecule has 3 heteroatoms. The Labute approximate surface area is 86.1 Å². The summed E-state index contributed by atoms with van der Waals surface area (Å²) < 4.78 is 11.5. The minimum Gasteiger partial charge on any atom is -0.270 e. The van der Waals surface area contributed by atoms with Crippen molar-refractivity contribution in [2.24, 2.45) is 0 Å². The largest absolute Gasteiger partial charge is 0.270 e. The Balaban J connectivity index is 0.000000791. The minimum atomic E-state index is 0.167. The van der Waals surface area contributed by atoms with Gasteiger partial charge in [0.2, 0.25) is 0 Å². The Morgan fingerprint density at radius 1 is 1.29 bits per heavy atom. The summed E-state index contributed by atoms with van der Waals surface area (Å²) in [6.07, 6.45) is 2.05. The molecule has 0 N–H and O–H groups in total. The van der Waals surface area contributed by atoms with Crippen molar-refractivity contribution >= 4 is 0 Å². The van der Waals surface area contributed by atoms with E-state index in [0.29, 0.717) is 13.2 Å². The van der Waals surface area contributed by atoms with Crippen LogP contribution in [0.5, 0.6) is 0 Å². The van der Waals surface area contributed by atoms with Gasteiger partial charge in [-0.3, -0.25) is 9.07 Å². The molecule has 0 aliphatic carbocycles. The van der Waals surface area contributed by atoms with Gasteiger partial charge in [0.1, 0.15) is 0 Å². The number of halogens is 1. The number of alkyl halides is 1. The van der Waals surface area contributed by atoms with Gasteiger partial charge < -0.3 is 0 Å². The fourth-order valence-corrected chi connectivity index (χ4v) is 1.03. The Morgan fingerprint density at radius 2 is 1.79 bits per heavy atom. The van der Waals surface area contributed by atoms with E-state index in [1.165, 1.54) is 0 Å². The van der Waals surface area contributed by atoms with Gasteiger partial charge >= 0.3 is 0 Å². The summed E-state index contributed by atoms with van der Waals surface area (Å²) in [5.74, 6) is 0. The van der Waals surface area contributed by atoms with E-state index in [1.54, 1.807) is 0 Å². The van der Waals surface area contributed by atoms with Gasteiger partial charge in [-0.05, 0) is 19.9 Å². The van der Waals surface area contributed by atoms with Crippen molar-refractivity contribution in [3.8, 4) is 0 Å². The molecule has 0 saturated heterocycles. The van der Waals surface area contributed by atoms with Crippen molar-refractivity contribution in [2.45, 2.75) is 46.1 Å². The lowest BCUT2D eigenvalue weighted by atomic mass is 9.93. The number of hydrogen-bond acceptors (Lipinski definition) is 1. The third-order valence-corrected chi connectivity index (χ3v) is 1.91. The molecule has 0 saturated carbocycles. The molecule has 0 fully saturated rings. The third-order valence-electron chi connectivity index (χ3n) is 1.91. The molecule has 14 heavy (non-hydrogen) atoms. The Kier molecular flexibility index (Phi) is 4.81. The van der Waals surface area contributed by atoms with Crippen LogP contribution in [0, 0.1) is 0 Å². The molecule has 0 aliphatic heterocycles. The molecule has 0 aromatic carbocycles. The first-order chi connectivity index (χ1) is 6.41. The molecule has 1 aromatic heterocycles. The van der Waals surface area contributed by atoms with Gasteiger partial charge in [0.05, 0.1) is 12.9 Å². The highest BCUT2D eigenvalue weighted by Gasteiger charge is 2.16. The number of hydrogen-bond donors (Lipinski definition) is 0. The van der Waals surface area contributed by atoms with E-state index in [4.69, 9.17) is 0 Å². The van der Waals surface area contributed by atoms with Crippen LogP contribution >= 0.6 is 0 Å². The summed E-state index contributed by atoms with van der Waals surface area (Å²) >= 11 is 0. The van der Waals surface area contributed by atoms with Crippen LogP contribution in [0.3, 0.4) is 0 Å². The van der Waals surface area contributed by atoms with Gasteiger partial charge in [-0.2, -0.15) is 5.10 Å². The lowest BCUT2D eigenvalue weighted by Crippen LogP contribution is -2.13. The van der Waals surface area contributed by atoms with Crippen molar-refractivity contribution in [1.29, 1.82) is 0 Å². The second-order valence-corrected chi connectivity index (χ2v) is 4.52. The third kappa shape index (κ3) is 3.48. The highest BCUT2D eigenvalue weighted by atomic mass is 19.1. The zero-order valence-corrected chi connectivity index (χ0v) is 10.0. The van der Waals surface area contributed by atoms with Crippen molar-refractivity contribution < 1.29 is 4.39 Å². The number of aromatic nitrogens is 2. The van der Waals surface area contributed by atoms with Crippen LogP contribution in [-0.4, -0.2) is 17.0 Å². The van der Waals surface area contributed by atoms with Crippen molar-refractivity contribution in [1.82, 2.24) is 9.78 Å². The molecule has 1 heterocycles. The highest BCUT2D eigenvalue weighted by Crippen LogP contribution is 2.20. The Morgan fingerprint density at radius 3 is 2.00 bits per heavy atom. The average molecular weight is 200 g/mol. The molecule has 0 radical (unpaired) electrons. The topological polar surface area (TPSA) is 17.8 Å². The molecule has 0 unspecified atom stereocenters. The summed E-state index contributed by atoms with van der Waals surface area (Å²) in [6.45, 7) is 10.8. The summed E-state index contributed by atoms with van der Waals surface area (Å²) in [5, 5.41) is 4.50. The van der Waals surface area contributed by atoms with Gasteiger partial charge in [-0.25, -0.2) is 0 Å². The molecule has 0 aliphatic rings. The second kappa shape index (κ2) is 5.13. The summed E-state index contributed by atoms with van der Waals surface area (Å²) in [4.78, 5) is 0. The van der Waals surface area contributed by atoms with E-state index in [9.17, 15) is 4.39 Å². The van der Waals surface area contributed by atoms with E-state index in [0.717, 1.165) is 5.69 Å². The van der Waals surface area contributed by atoms with Crippen molar-refractivity contribution in [3.05, 3.63) is 18.0 Å². The zero-order valence-electron chi connectivity index (χ0n) is 10.0. The maximum absolute atomic E-state index is 9.50. The average Bonchev–Trinajstić information content (AvgIpc) is 2.54. The van der Waals surface area contributed by atoms with Gasteiger partial charge in [-0.1, -0.05) is 20.8 Å². The van der Waals surface area contributed by atoms with E-state index in [1.807, 2.05) is 10.9 Å². The molecular formula is C11H21FN2.